The van der Waals surface area contributed by atoms with Gasteiger partial charge in [-0.25, -0.2) is 0 Å². The third kappa shape index (κ3) is 3.95. The average molecular weight is 182 g/mol. The van der Waals surface area contributed by atoms with E-state index in [0.29, 0.717) is 0 Å². The number of hydrogen-bond acceptors (Lipinski definition) is 1. The van der Waals surface area contributed by atoms with Gasteiger partial charge < -0.3 is 5.11 Å². The van der Waals surface area contributed by atoms with Crippen molar-refractivity contribution in [2.24, 2.45) is 0 Å². The molecule has 1 aliphatic rings. The fraction of sp³-hybridized carbons (Fsp3) is 0.833. The smallest absolute Gasteiger partial charge is 0.0827 e. The first-order valence-electron chi connectivity index (χ1n) is 5.67. The van der Waals surface area contributed by atoms with Crippen LogP contribution in [0.3, 0.4) is 0 Å². The molecular weight excluding hydrogens is 160 g/mol. The zero-order valence-corrected chi connectivity index (χ0v) is 8.76. The number of rotatable bonds is 4. The van der Waals surface area contributed by atoms with Crippen LogP contribution in [0, 0.1) is 0 Å². The Morgan fingerprint density at radius 1 is 1.23 bits per heavy atom. The van der Waals surface area contributed by atoms with Gasteiger partial charge in [-0.3, -0.25) is 0 Å². The van der Waals surface area contributed by atoms with Crippen molar-refractivity contribution in [3.8, 4) is 0 Å². The SMILES string of the molecule is CCCC/C=C/C1(O)CCCCC1. The molecule has 0 radical (unpaired) electrons. The highest BCUT2D eigenvalue weighted by Gasteiger charge is 2.25. The van der Waals surface area contributed by atoms with Gasteiger partial charge in [0.15, 0.2) is 0 Å². The fourth-order valence-corrected chi connectivity index (χ4v) is 1.96. The highest BCUT2D eigenvalue weighted by atomic mass is 16.3. The molecule has 1 fully saturated rings. The quantitative estimate of drug-likeness (QED) is 0.521. The van der Waals surface area contributed by atoms with Crippen LogP contribution in [0.4, 0.5) is 0 Å². The molecule has 1 aliphatic carbocycles. The maximum atomic E-state index is 10.1. The maximum absolute atomic E-state index is 10.1. The minimum atomic E-state index is -0.452. The van der Waals surface area contributed by atoms with Crippen molar-refractivity contribution in [1.82, 2.24) is 0 Å². The topological polar surface area (TPSA) is 20.2 Å². The van der Waals surface area contributed by atoms with Crippen molar-refractivity contribution in [3.05, 3.63) is 12.2 Å². The lowest BCUT2D eigenvalue weighted by Gasteiger charge is -2.28. The summed E-state index contributed by atoms with van der Waals surface area (Å²) in [5.74, 6) is 0. The number of allylic oxidation sites excluding steroid dienone is 1. The lowest BCUT2D eigenvalue weighted by atomic mass is 9.84. The third-order valence-electron chi connectivity index (χ3n) is 2.87. The number of unbranched alkanes of at least 4 members (excludes halogenated alkanes) is 2. The van der Waals surface area contributed by atoms with E-state index >= 15 is 0 Å². The van der Waals surface area contributed by atoms with Gasteiger partial charge in [0.05, 0.1) is 5.60 Å². The zero-order chi connectivity index (χ0) is 9.57. The predicted octanol–water partition coefficient (Wildman–Crippen LogP) is 3.43. The number of hydrogen-bond donors (Lipinski definition) is 1. The Labute approximate surface area is 81.9 Å². The van der Waals surface area contributed by atoms with E-state index in [-0.39, 0.29) is 0 Å². The van der Waals surface area contributed by atoms with E-state index in [0.717, 1.165) is 19.3 Å². The van der Waals surface area contributed by atoms with Crippen molar-refractivity contribution < 1.29 is 5.11 Å². The van der Waals surface area contributed by atoms with E-state index in [2.05, 4.69) is 13.0 Å². The molecule has 1 nitrogen and oxygen atoms in total. The lowest BCUT2D eigenvalue weighted by molar-refractivity contribution is 0.0511. The molecule has 0 bridgehead atoms. The van der Waals surface area contributed by atoms with Crippen LogP contribution in [0.1, 0.15) is 58.3 Å². The molecule has 1 heteroatoms. The monoisotopic (exact) mass is 182 g/mol. The van der Waals surface area contributed by atoms with Crippen LogP contribution >= 0.6 is 0 Å². The van der Waals surface area contributed by atoms with Crippen molar-refractivity contribution in [2.75, 3.05) is 0 Å². The predicted molar refractivity (Wildman–Crippen MR) is 56.7 cm³/mol. The second kappa shape index (κ2) is 5.43. The van der Waals surface area contributed by atoms with Crippen LogP contribution < -0.4 is 0 Å². The molecule has 0 spiro atoms. The van der Waals surface area contributed by atoms with Gasteiger partial charge in [-0.15, -0.1) is 0 Å². The van der Waals surface area contributed by atoms with Gasteiger partial charge in [-0.2, -0.15) is 0 Å². The Kier molecular flexibility index (Phi) is 4.51. The second-order valence-corrected chi connectivity index (χ2v) is 4.21. The van der Waals surface area contributed by atoms with Gasteiger partial charge in [-0.1, -0.05) is 51.2 Å². The van der Waals surface area contributed by atoms with Gasteiger partial charge in [-0.05, 0) is 19.3 Å². The Bertz CT molecular complexity index is 155. The van der Waals surface area contributed by atoms with Crippen LogP contribution in [0.5, 0.6) is 0 Å². The van der Waals surface area contributed by atoms with Crippen LogP contribution in [-0.2, 0) is 0 Å². The second-order valence-electron chi connectivity index (χ2n) is 4.21. The molecule has 0 aliphatic heterocycles. The van der Waals surface area contributed by atoms with E-state index in [4.69, 9.17) is 0 Å². The standard InChI is InChI=1S/C12H22O/c1-2-3-4-6-9-12(13)10-7-5-8-11-12/h6,9,13H,2-5,7-8,10-11H2,1H3/b9-6+. The molecule has 13 heavy (non-hydrogen) atoms. The lowest BCUT2D eigenvalue weighted by Crippen LogP contribution is -2.28. The molecule has 0 amide bonds. The summed E-state index contributed by atoms with van der Waals surface area (Å²) in [6.45, 7) is 2.20. The largest absolute Gasteiger partial charge is 0.386 e. The molecule has 0 aromatic heterocycles. The highest BCUT2D eigenvalue weighted by Crippen LogP contribution is 2.29. The molecule has 1 N–H and O–H groups in total. The van der Waals surface area contributed by atoms with Gasteiger partial charge >= 0.3 is 0 Å². The third-order valence-corrected chi connectivity index (χ3v) is 2.87. The summed E-state index contributed by atoms with van der Waals surface area (Å²) in [6, 6.07) is 0. The molecule has 0 aromatic carbocycles. The van der Waals surface area contributed by atoms with Gasteiger partial charge in [0.2, 0.25) is 0 Å². The molecule has 0 heterocycles. The molecule has 0 saturated heterocycles. The Hall–Kier alpha value is -0.300. The normalized spacial score (nSPS) is 22.3. The van der Waals surface area contributed by atoms with Crippen LogP contribution in [0.2, 0.25) is 0 Å². The first kappa shape index (κ1) is 10.8. The molecular formula is C12H22O. The summed E-state index contributed by atoms with van der Waals surface area (Å²) in [6.07, 6.45) is 13.4. The van der Waals surface area contributed by atoms with Crippen molar-refractivity contribution >= 4 is 0 Å². The van der Waals surface area contributed by atoms with E-state index in [1.165, 1.54) is 32.1 Å². The molecule has 1 saturated carbocycles. The van der Waals surface area contributed by atoms with E-state index in [1.54, 1.807) is 0 Å². The first-order chi connectivity index (χ1) is 6.27. The highest BCUT2D eigenvalue weighted by molar-refractivity contribution is 5.02. The van der Waals surface area contributed by atoms with E-state index in [1.807, 2.05) is 6.08 Å². The first-order valence-corrected chi connectivity index (χ1v) is 5.67. The zero-order valence-electron chi connectivity index (χ0n) is 8.76. The van der Waals surface area contributed by atoms with Crippen molar-refractivity contribution in [3.63, 3.8) is 0 Å². The van der Waals surface area contributed by atoms with Crippen LogP contribution in [-0.4, -0.2) is 10.7 Å². The summed E-state index contributed by atoms with van der Waals surface area (Å²) in [5.41, 5.74) is -0.452. The summed E-state index contributed by atoms with van der Waals surface area (Å²) in [7, 11) is 0. The average Bonchev–Trinajstić information content (AvgIpc) is 2.14. The Morgan fingerprint density at radius 2 is 1.92 bits per heavy atom. The minimum Gasteiger partial charge on any atom is -0.386 e. The van der Waals surface area contributed by atoms with Gasteiger partial charge in [0.1, 0.15) is 0 Å². The van der Waals surface area contributed by atoms with Crippen LogP contribution in [0.15, 0.2) is 12.2 Å². The molecule has 0 aromatic rings. The van der Waals surface area contributed by atoms with Gasteiger partial charge in [0.25, 0.3) is 0 Å². The van der Waals surface area contributed by atoms with Crippen molar-refractivity contribution in [2.45, 2.75) is 63.9 Å². The molecule has 1 rings (SSSR count). The maximum Gasteiger partial charge on any atom is 0.0827 e. The summed E-state index contributed by atoms with van der Waals surface area (Å²) < 4.78 is 0. The molecule has 0 atom stereocenters. The minimum absolute atomic E-state index is 0.452. The Balaban J connectivity index is 2.27. The number of aliphatic hydroxyl groups is 1. The van der Waals surface area contributed by atoms with E-state index in [9.17, 15) is 5.11 Å². The summed E-state index contributed by atoms with van der Waals surface area (Å²) >= 11 is 0. The Morgan fingerprint density at radius 3 is 2.54 bits per heavy atom. The van der Waals surface area contributed by atoms with Gasteiger partial charge in [0, 0.05) is 0 Å². The summed E-state index contributed by atoms with van der Waals surface area (Å²) in [4.78, 5) is 0. The van der Waals surface area contributed by atoms with E-state index < -0.39 is 5.60 Å². The fourth-order valence-electron chi connectivity index (χ4n) is 1.96. The van der Waals surface area contributed by atoms with Crippen LogP contribution in [0.25, 0.3) is 0 Å². The van der Waals surface area contributed by atoms with Crippen molar-refractivity contribution in [1.29, 1.82) is 0 Å². The molecule has 76 valence electrons. The molecule has 0 unspecified atom stereocenters. The summed E-state index contributed by atoms with van der Waals surface area (Å²) in [5, 5.41) is 10.1.